The summed E-state index contributed by atoms with van der Waals surface area (Å²) in [4.78, 5) is 9.02. The van der Waals surface area contributed by atoms with E-state index in [1.807, 2.05) is 72.8 Å². The maximum Gasteiger partial charge on any atom is 0.226 e. The highest BCUT2D eigenvalue weighted by molar-refractivity contribution is 5.74. The summed E-state index contributed by atoms with van der Waals surface area (Å²) in [5.74, 6) is 2.25. The van der Waals surface area contributed by atoms with E-state index in [0.29, 0.717) is 36.4 Å². The molecule has 8 N–H and O–H groups in total. The smallest absolute Gasteiger partial charge is 0.226 e. The van der Waals surface area contributed by atoms with Gasteiger partial charge in [-0.1, -0.05) is 42.5 Å². The molecule has 2 heterocycles. The van der Waals surface area contributed by atoms with Crippen LogP contribution in [0.25, 0.3) is 45.6 Å². The summed E-state index contributed by atoms with van der Waals surface area (Å²) in [7, 11) is 0. The van der Waals surface area contributed by atoms with Crippen LogP contribution in [0.15, 0.2) is 94.0 Å². The number of benzene rings is 3. The third-order valence-electron chi connectivity index (χ3n) is 6.25. The molecule has 5 aromatic rings. The van der Waals surface area contributed by atoms with E-state index in [-0.39, 0.29) is 11.9 Å². The number of oxazole rings is 2. The Morgan fingerprint density at radius 2 is 1.05 bits per heavy atom. The van der Waals surface area contributed by atoms with Gasteiger partial charge in [-0.15, -0.1) is 0 Å². The zero-order valence-corrected chi connectivity index (χ0v) is 21.8. The van der Waals surface area contributed by atoms with Crippen molar-refractivity contribution >= 4 is 11.9 Å². The maximum absolute atomic E-state index is 7.29. The van der Waals surface area contributed by atoms with Crippen molar-refractivity contribution < 1.29 is 8.83 Å². The molecule has 202 valence electrons. The normalized spacial score (nSPS) is 10.8. The molecule has 10 nitrogen and oxygen atoms in total. The van der Waals surface area contributed by atoms with E-state index in [1.165, 1.54) is 0 Å². The average Bonchev–Trinajstić information content (AvgIpc) is 3.64. The highest BCUT2D eigenvalue weighted by Crippen LogP contribution is 2.31. The van der Waals surface area contributed by atoms with E-state index in [0.717, 1.165) is 46.2 Å². The first-order valence-corrected chi connectivity index (χ1v) is 12.8. The molecule has 3 aromatic carbocycles. The lowest BCUT2D eigenvalue weighted by Gasteiger charge is -2.05. The van der Waals surface area contributed by atoms with Crippen LogP contribution in [0.1, 0.15) is 11.1 Å². The second kappa shape index (κ2) is 12.0. The van der Waals surface area contributed by atoms with Crippen molar-refractivity contribution in [3.8, 4) is 45.6 Å². The van der Waals surface area contributed by atoms with Gasteiger partial charge < -0.3 is 30.9 Å². The summed E-state index contributed by atoms with van der Waals surface area (Å²) in [5.41, 5.74) is 16.4. The Hall–Kier alpha value is -5.38. The molecule has 40 heavy (non-hydrogen) atoms. The second-order valence-corrected chi connectivity index (χ2v) is 9.22. The van der Waals surface area contributed by atoms with Crippen LogP contribution in [0.5, 0.6) is 0 Å². The second-order valence-electron chi connectivity index (χ2n) is 9.22. The summed E-state index contributed by atoms with van der Waals surface area (Å²) in [6.45, 7) is 1.17. The molecule has 2 aromatic heterocycles. The molecular weight excluding hydrogens is 504 g/mol. The number of hydrogen-bond donors (Lipinski definition) is 6. The van der Waals surface area contributed by atoms with Gasteiger partial charge in [-0.3, -0.25) is 10.8 Å². The Morgan fingerprint density at radius 3 is 1.50 bits per heavy atom. The maximum atomic E-state index is 7.29. The molecule has 0 amide bonds. The molecule has 0 aliphatic heterocycles. The molecule has 0 aliphatic rings. The predicted molar refractivity (Wildman–Crippen MR) is 156 cm³/mol. The lowest BCUT2D eigenvalue weighted by molar-refractivity contribution is 0.586. The van der Waals surface area contributed by atoms with E-state index in [1.54, 1.807) is 12.4 Å². The lowest BCUT2D eigenvalue weighted by Crippen LogP contribution is -2.31. The molecule has 0 spiro atoms. The SMILES string of the molecule is N=C(N)NCCc1cccc(-c2cnc(-c3cccc(-c4ncc(-c5cccc(CCNC(=N)N)c5)o4)c3)o2)c1. The number of nitrogens with two attached hydrogens (primary N) is 2. The van der Waals surface area contributed by atoms with Gasteiger partial charge in [-0.05, 0) is 54.3 Å². The van der Waals surface area contributed by atoms with E-state index >= 15 is 0 Å². The van der Waals surface area contributed by atoms with Crippen molar-refractivity contribution in [2.45, 2.75) is 12.8 Å². The third-order valence-corrected chi connectivity index (χ3v) is 6.25. The van der Waals surface area contributed by atoms with Crippen LogP contribution >= 0.6 is 0 Å². The highest BCUT2D eigenvalue weighted by atomic mass is 16.4. The number of aromatic nitrogens is 2. The van der Waals surface area contributed by atoms with Crippen LogP contribution in [0, 0.1) is 10.8 Å². The fourth-order valence-corrected chi connectivity index (χ4v) is 4.31. The summed E-state index contributed by atoms with van der Waals surface area (Å²) in [6, 6.07) is 23.8. The largest absolute Gasteiger partial charge is 0.436 e. The quantitative estimate of drug-likeness (QED) is 0.113. The van der Waals surface area contributed by atoms with Crippen molar-refractivity contribution in [3.63, 3.8) is 0 Å². The minimum Gasteiger partial charge on any atom is -0.436 e. The first-order chi connectivity index (χ1) is 19.4. The Morgan fingerprint density at radius 1 is 0.625 bits per heavy atom. The molecule has 0 saturated carbocycles. The van der Waals surface area contributed by atoms with Gasteiger partial charge in [0.25, 0.3) is 0 Å². The first kappa shape index (κ1) is 26.2. The van der Waals surface area contributed by atoms with E-state index in [9.17, 15) is 0 Å². The standard InChI is InChI=1S/C30H30N8O2/c31-29(32)35-12-10-19-4-1-6-21(14-19)25-17-37-27(39-25)23-8-3-9-24(16-23)28-38-18-26(40-28)22-7-2-5-20(15-22)11-13-36-30(33)34/h1-9,14-18H,10-13H2,(H4,31,32,35)(H4,33,34,36). The van der Waals surface area contributed by atoms with Gasteiger partial charge in [-0.25, -0.2) is 9.97 Å². The molecule has 0 unspecified atom stereocenters. The number of nitrogens with zero attached hydrogens (tertiary/aromatic N) is 2. The minimum absolute atomic E-state index is 0.0383. The third kappa shape index (κ3) is 6.54. The van der Waals surface area contributed by atoms with Crippen molar-refractivity contribution in [2.24, 2.45) is 11.5 Å². The zero-order valence-electron chi connectivity index (χ0n) is 21.8. The summed E-state index contributed by atoms with van der Waals surface area (Å²) >= 11 is 0. The molecular formula is C30H30N8O2. The first-order valence-electron chi connectivity index (χ1n) is 12.8. The fraction of sp³-hybridized carbons (Fsp3) is 0.133. The fourth-order valence-electron chi connectivity index (χ4n) is 4.31. The summed E-state index contributed by atoms with van der Waals surface area (Å²) in [6.07, 6.45) is 4.90. The Labute approximate surface area is 231 Å². The van der Waals surface area contributed by atoms with Crippen molar-refractivity contribution in [1.29, 1.82) is 10.8 Å². The topological polar surface area (TPSA) is 176 Å². The van der Waals surface area contributed by atoms with Crippen molar-refractivity contribution in [1.82, 2.24) is 20.6 Å². The molecule has 0 bridgehead atoms. The van der Waals surface area contributed by atoms with E-state index in [2.05, 4.69) is 20.6 Å². The van der Waals surface area contributed by atoms with Gasteiger partial charge in [0.15, 0.2) is 23.4 Å². The van der Waals surface area contributed by atoms with E-state index in [4.69, 9.17) is 31.1 Å². The van der Waals surface area contributed by atoms with Gasteiger partial charge in [0, 0.05) is 35.3 Å². The van der Waals surface area contributed by atoms with Crippen LogP contribution in [0.4, 0.5) is 0 Å². The Bertz CT molecular complexity index is 1520. The zero-order chi connectivity index (χ0) is 27.9. The number of guanidine groups is 2. The van der Waals surface area contributed by atoms with Gasteiger partial charge >= 0.3 is 0 Å². The average molecular weight is 535 g/mol. The van der Waals surface area contributed by atoms with Crippen LogP contribution in [0.2, 0.25) is 0 Å². The molecule has 0 aliphatic carbocycles. The summed E-state index contributed by atoms with van der Waals surface area (Å²) in [5, 5.41) is 20.2. The highest BCUT2D eigenvalue weighted by Gasteiger charge is 2.13. The monoisotopic (exact) mass is 534 g/mol. The Balaban J connectivity index is 1.31. The van der Waals surface area contributed by atoms with Crippen molar-refractivity contribution in [3.05, 3.63) is 96.3 Å². The number of hydrogen-bond acceptors (Lipinski definition) is 6. The van der Waals surface area contributed by atoms with Crippen LogP contribution < -0.4 is 22.1 Å². The molecule has 5 rings (SSSR count). The van der Waals surface area contributed by atoms with E-state index < -0.39 is 0 Å². The van der Waals surface area contributed by atoms with Gasteiger partial charge in [-0.2, -0.15) is 0 Å². The van der Waals surface area contributed by atoms with Gasteiger partial charge in [0.1, 0.15) is 0 Å². The van der Waals surface area contributed by atoms with Crippen LogP contribution in [-0.4, -0.2) is 35.0 Å². The molecule has 0 fully saturated rings. The lowest BCUT2D eigenvalue weighted by atomic mass is 10.1. The Kier molecular flexibility index (Phi) is 7.87. The minimum atomic E-state index is -0.0383. The number of rotatable bonds is 10. The van der Waals surface area contributed by atoms with Crippen LogP contribution in [-0.2, 0) is 12.8 Å². The molecule has 0 atom stereocenters. The van der Waals surface area contributed by atoms with Crippen molar-refractivity contribution in [2.75, 3.05) is 13.1 Å². The molecule has 0 saturated heterocycles. The van der Waals surface area contributed by atoms with Crippen LogP contribution in [0.3, 0.4) is 0 Å². The van der Waals surface area contributed by atoms with Gasteiger partial charge in [0.05, 0.1) is 12.4 Å². The summed E-state index contributed by atoms with van der Waals surface area (Å²) < 4.78 is 12.2. The molecule has 10 heteroatoms. The number of nitrogens with one attached hydrogen (secondary N) is 4. The predicted octanol–water partition coefficient (Wildman–Crippen LogP) is 4.38. The molecule has 0 radical (unpaired) electrons. The van der Waals surface area contributed by atoms with Gasteiger partial charge in [0.2, 0.25) is 11.8 Å².